The molecule has 1 aromatic carbocycles. The fourth-order valence-electron chi connectivity index (χ4n) is 2.90. The summed E-state index contributed by atoms with van der Waals surface area (Å²) in [6, 6.07) is 5.77. The first-order valence-electron chi connectivity index (χ1n) is 9.67. The first-order valence-corrected chi connectivity index (χ1v) is 10.5. The first kappa shape index (κ1) is 21.0. The molecular formula is C22H26N2O4S. The molecule has 2 N–H and O–H groups in total. The van der Waals surface area contributed by atoms with Gasteiger partial charge in [-0.1, -0.05) is 12.1 Å². The Bertz CT molecular complexity index is 975. The number of anilines is 2. The summed E-state index contributed by atoms with van der Waals surface area (Å²) in [7, 11) is 0. The van der Waals surface area contributed by atoms with E-state index < -0.39 is 18.0 Å². The SMILES string of the molecule is Cc1ccc(C)c(NC(=O)C(C)OC(=O)c2c(NC(=O)C3CC3)sc(C)c2C)c1. The average molecular weight is 415 g/mol. The van der Waals surface area contributed by atoms with Crippen LogP contribution < -0.4 is 10.6 Å². The number of aryl methyl sites for hydroxylation is 3. The van der Waals surface area contributed by atoms with E-state index in [9.17, 15) is 14.4 Å². The third kappa shape index (κ3) is 4.85. The minimum Gasteiger partial charge on any atom is -0.449 e. The molecule has 1 atom stereocenters. The highest BCUT2D eigenvalue weighted by molar-refractivity contribution is 7.16. The molecule has 0 bridgehead atoms. The van der Waals surface area contributed by atoms with E-state index >= 15 is 0 Å². The number of rotatable bonds is 6. The van der Waals surface area contributed by atoms with Gasteiger partial charge < -0.3 is 15.4 Å². The minimum absolute atomic E-state index is 0.0313. The van der Waals surface area contributed by atoms with Gasteiger partial charge >= 0.3 is 5.97 Å². The predicted molar refractivity (Wildman–Crippen MR) is 115 cm³/mol. The standard InChI is InChI=1S/C22H26N2O4S/c1-11-6-7-12(2)17(10-11)23-19(25)14(4)28-22(27)18-13(3)15(5)29-21(18)24-20(26)16-8-9-16/h6-7,10,14,16H,8-9H2,1-5H3,(H,23,25)(H,24,26). The van der Waals surface area contributed by atoms with Gasteiger partial charge in [0.15, 0.2) is 6.10 Å². The lowest BCUT2D eigenvalue weighted by atomic mass is 10.1. The van der Waals surface area contributed by atoms with Crippen LogP contribution in [0.4, 0.5) is 10.7 Å². The van der Waals surface area contributed by atoms with Gasteiger partial charge in [-0.3, -0.25) is 9.59 Å². The van der Waals surface area contributed by atoms with Crippen LogP contribution >= 0.6 is 11.3 Å². The molecule has 1 aliphatic rings. The minimum atomic E-state index is -0.978. The van der Waals surface area contributed by atoms with Crippen LogP contribution in [0.2, 0.25) is 0 Å². The maximum absolute atomic E-state index is 12.8. The maximum atomic E-state index is 12.8. The van der Waals surface area contributed by atoms with Gasteiger partial charge in [-0.25, -0.2) is 4.79 Å². The molecule has 1 aromatic heterocycles. The second-order valence-corrected chi connectivity index (χ2v) is 8.83. The molecule has 3 rings (SSSR count). The number of nitrogens with one attached hydrogen (secondary N) is 2. The third-order valence-corrected chi connectivity index (χ3v) is 6.20. The molecule has 1 saturated carbocycles. The summed E-state index contributed by atoms with van der Waals surface area (Å²) in [5.41, 5.74) is 3.73. The quantitative estimate of drug-likeness (QED) is 0.681. The normalized spacial score (nSPS) is 14.2. The topological polar surface area (TPSA) is 84.5 Å². The van der Waals surface area contributed by atoms with E-state index in [4.69, 9.17) is 4.74 Å². The Balaban J connectivity index is 1.71. The summed E-state index contributed by atoms with van der Waals surface area (Å²) in [6.45, 7) is 9.08. The number of hydrogen-bond acceptors (Lipinski definition) is 5. The molecule has 6 nitrogen and oxygen atoms in total. The Morgan fingerprint density at radius 2 is 1.79 bits per heavy atom. The zero-order valence-corrected chi connectivity index (χ0v) is 18.2. The van der Waals surface area contributed by atoms with Gasteiger partial charge in [0.25, 0.3) is 5.91 Å². The Morgan fingerprint density at radius 3 is 2.45 bits per heavy atom. The van der Waals surface area contributed by atoms with E-state index in [0.29, 0.717) is 16.3 Å². The Kier molecular flexibility index (Phi) is 6.07. The van der Waals surface area contributed by atoms with E-state index in [-0.39, 0.29) is 11.8 Å². The maximum Gasteiger partial charge on any atom is 0.342 e. The summed E-state index contributed by atoms with van der Waals surface area (Å²) in [4.78, 5) is 38.4. The van der Waals surface area contributed by atoms with Crippen LogP contribution in [0.25, 0.3) is 0 Å². The molecule has 0 saturated heterocycles. The van der Waals surface area contributed by atoms with Crippen LogP contribution in [0.1, 0.15) is 51.7 Å². The van der Waals surface area contributed by atoms with E-state index in [0.717, 1.165) is 34.4 Å². The van der Waals surface area contributed by atoms with Gasteiger partial charge in [-0.05, 0) is 70.2 Å². The number of esters is 1. The second kappa shape index (κ2) is 8.37. The van der Waals surface area contributed by atoms with Gasteiger partial charge in [0.2, 0.25) is 5.91 Å². The van der Waals surface area contributed by atoms with Gasteiger partial charge in [0, 0.05) is 16.5 Å². The number of hydrogen-bond donors (Lipinski definition) is 2. The van der Waals surface area contributed by atoms with Gasteiger partial charge in [-0.2, -0.15) is 0 Å². The lowest BCUT2D eigenvalue weighted by Crippen LogP contribution is -2.30. The highest BCUT2D eigenvalue weighted by Crippen LogP contribution is 2.36. The smallest absolute Gasteiger partial charge is 0.342 e. The summed E-state index contributed by atoms with van der Waals surface area (Å²) in [6.07, 6.45) is 0.781. The average Bonchev–Trinajstić information content (AvgIpc) is 3.45. The van der Waals surface area contributed by atoms with Gasteiger partial charge in [0.05, 0.1) is 5.56 Å². The number of amides is 2. The van der Waals surface area contributed by atoms with Gasteiger partial charge in [0.1, 0.15) is 5.00 Å². The molecule has 2 aromatic rings. The van der Waals surface area contributed by atoms with E-state index in [1.54, 1.807) is 0 Å². The summed E-state index contributed by atoms with van der Waals surface area (Å²) in [5.74, 6) is -1.05. The monoisotopic (exact) mass is 414 g/mol. The molecular weight excluding hydrogens is 388 g/mol. The van der Waals surface area contributed by atoms with Crippen LogP contribution in [0.15, 0.2) is 18.2 Å². The zero-order chi connectivity index (χ0) is 21.3. The molecule has 1 aliphatic carbocycles. The predicted octanol–water partition coefficient (Wildman–Crippen LogP) is 4.51. The van der Waals surface area contributed by atoms with Crippen LogP contribution in [0.3, 0.4) is 0 Å². The Hall–Kier alpha value is -2.67. The summed E-state index contributed by atoms with van der Waals surface area (Å²) in [5, 5.41) is 6.15. The van der Waals surface area contributed by atoms with Crippen molar-refractivity contribution in [3.8, 4) is 0 Å². The molecule has 1 heterocycles. The number of benzene rings is 1. The van der Waals surface area contributed by atoms with Crippen molar-refractivity contribution in [2.45, 2.75) is 53.6 Å². The number of thiophene rings is 1. The third-order valence-electron chi connectivity index (χ3n) is 5.08. The molecule has 1 fully saturated rings. The summed E-state index contributed by atoms with van der Waals surface area (Å²) < 4.78 is 5.44. The molecule has 154 valence electrons. The molecule has 0 radical (unpaired) electrons. The fourth-order valence-corrected chi connectivity index (χ4v) is 3.95. The van der Waals surface area contributed by atoms with E-state index in [1.807, 2.05) is 45.9 Å². The van der Waals surface area contributed by atoms with Crippen molar-refractivity contribution in [2.24, 2.45) is 5.92 Å². The van der Waals surface area contributed by atoms with Crippen molar-refractivity contribution >= 4 is 39.8 Å². The highest BCUT2D eigenvalue weighted by Gasteiger charge is 2.32. The number of carbonyl (C=O) groups excluding carboxylic acids is 3. The highest BCUT2D eigenvalue weighted by atomic mass is 32.1. The second-order valence-electron chi connectivity index (χ2n) is 7.61. The largest absolute Gasteiger partial charge is 0.449 e. The summed E-state index contributed by atoms with van der Waals surface area (Å²) >= 11 is 1.35. The Morgan fingerprint density at radius 1 is 1.10 bits per heavy atom. The van der Waals surface area contributed by atoms with Crippen LogP contribution in [0, 0.1) is 33.6 Å². The van der Waals surface area contributed by atoms with Crippen molar-refractivity contribution < 1.29 is 19.1 Å². The zero-order valence-electron chi connectivity index (χ0n) is 17.3. The van der Waals surface area contributed by atoms with Crippen LogP contribution in [-0.4, -0.2) is 23.9 Å². The van der Waals surface area contributed by atoms with Crippen LogP contribution in [-0.2, 0) is 14.3 Å². The van der Waals surface area contributed by atoms with Crippen molar-refractivity contribution in [3.63, 3.8) is 0 Å². The molecule has 0 spiro atoms. The molecule has 7 heteroatoms. The van der Waals surface area contributed by atoms with Crippen LogP contribution in [0.5, 0.6) is 0 Å². The Labute approximate surface area is 174 Å². The molecule has 2 amide bonds. The molecule has 1 unspecified atom stereocenters. The van der Waals surface area contributed by atoms with Crippen molar-refractivity contribution in [3.05, 3.63) is 45.3 Å². The van der Waals surface area contributed by atoms with Crippen molar-refractivity contribution in [2.75, 3.05) is 10.6 Å². The lowest BCUT2D eigenvalue weighted by molar-refractivity contribution is -0.123. The van der Waals surface area contributed by atoms with Gasteiger partial charge in [-0.15, -0.1) is 11.3 Å². The van der Waals surface area contributed by atoms with Crippen molar-refractivity contribution in [1.29, 1.82) is 0 Å². The van der Waals surface area contributed by atoms with E-state index in [1.165, 1.54) is 18.3 Å². The lowest BCUT2D eigenvalue weighted by Gasteiger charge is -2.16. The first-order chi connectivity index (χ1) is 13.7. The molecule has 0 aliphatic heterocycles. The number of ether oxygens (including phenoxy) is 1. The molecule has 29 heavy (non-hydrogen) atoms. The fraction of sp³-hybridized carbons (Fsp3) is 0.409. The number of carbonyl (C=O) groups is 3. The van der Waals surface area contributed by atoms with E-state index in [2.05, 4.69) is 10.6 Å². The van der Waals surface area contributed by atoms with Crippen molar-refractivity contribution in [1.82, 2.24) is 0 Å².